The van der Waals surface area contributed by atoms with E-state index in [4.69, 9.17) is 23.2 Å². The summed E-state index contributed by atoms with van der Waals surface area (Å²) < 4.78 is 0. The van der Waals surface area contributed by atoms with Gasteiger partial charge in [0.15, 0.2) is 0 Å². The van der Waals surface area contributed by atoms with Gasteiger partial charge in [-0.05, 0) is 42.8 Å². The molecular weight excluding hydrogens is 409 g/mol. The molecule has 2 heterocycles. The zero-order valence-electron chi connectivity index (χ0n) is 14.8. The summed E-state index contributed by atoms with van der Waals surface area (Å²) in [4.78, 5) is 9.06. The van der Waals surface area contributed by atoms with Crippen molar-refractivity contribution in [2.75, 3.05) is 0 Å². The number of fused-ring (bicyclic) bond motifs is 1. The van der Waals surface area contributed by atoms with Crippen LogP contribution in [0.2, 0.25) is 10.2 Å². The topological polar surface area (TPSA) is 49.6 Å². The van der Waals surface area contributed by atoms with Crippen LogP contribution >= 0.6 is 34.5 Å². The van der Waals surface area contributed by atoms with Crippen molar-refractivity contribution in [2.24, 2.45) is 0 Å². The van der Waals surface area contributed by atoms with Crippen LogP contribution in [-0.2, 0) is 0 Å². The summed E-state index contributed by atoms with van der Waals surface area (Å²) in [5.41, 5.74) is 4.84. The van der Waals surface area contributed by atoms with Crippen LogP contribution in [0.15, 0.2) is 53.9 Å². The van der Waals surface area contributed by atoms with E-state index >= 15 is 0 Å². The lowest BCUT2D eigenvalue weighted by Crippen LogP contribution is -1.88. The van der Waals surface area contributed by atoms with E-state index in [1.807, 2.05) is 60.8 Å². The van der Waals surface area contributed by atoms with Gasteiger partial charge in [0.2, 0.25) is 0 Å². The van der Waals surface area contributed by atoms with E-state index in [-0.39, 0.29) is 0 Å². The van der Waals surface area contributed by atoms with Crippen molar-refractivity contribution in [3.8, 4) is 17.3 Å². The van der Waals surface area contributed by atoms with Crippen LogP contribution in [-0.4, -0.2) is 9.97 Å². The molecule has 0 aliphatic carbocycles. The lowest BCUT2D eigenvalue weighted by Gasteiger charge is -2.04. The molecule has 0 spiro atoms. The summed E-state index contributed by atoms with van der Waals surface area (Å²) >= 11 is 13.7. The molecule has 136 valence electrons. The number of aromatic nitrogens is 2. The maximum Gasteiger partial charge on any atom is 0.137 e. The number of hydrogen-bond acceptors (Lipinski definition) is 4. The first kappa shape index (κ1) is 18.6. The lowest BCUT2D eigenvalue weighted by atomic mass is 10.1. The fourth-order valence-electron chi connectivity index (χ4n) is 2.82. The van der Waals surface area contributed by atoms with Crippen molar-refractivity contribution in [3.63, 3.8) is 0 Å². The Balaban J connectivity index is 1.73. The maximum absolute atomic E-state index is 9.66. The van der Waals surface area contributed by atoms with Gasteiger partial charge >= 0.3 is 0 Å². The first-order valence-corrected chi connectivity index (χ1v) is 10.1. The molecular formula is C22H13Cl2N3S. The second-order valence-electron chi connectivity index (χ2n) is 6.28. The molecule has 2 aromatic carbocycles. The number of nitrogens with zero attached hydrogens (tertiary/aromatic N) is 3. The highest BCUT2D eigenvalue weighted by Crippen LogP contribution is 2.30. The van der Waals surface area contributed by atoms with Crippen molar-refractivity contribution in [1.29, 1.82) is 5.26 Å². The number of pyridine rings is 1. The van der Waals surface area contributed by atoms with Crippen LogP contribution < -0.4 is 0 Å². The highest BCUT2D eigenvalue weighted by atomic mass is 35.5. The first-order valence-electron chi connectivity index (χ1n) is 8.44. The maximum atomic E-state index is 9.66. The largest absolute Gasteiger partial charge is 0.235 e. The fraction of sp³-hybridized carbons (Fsp3) is 0.0455. The third kappa shape index (κ3) is 3.79. The van der Waals surface area contributed by atoms with Gasteiger partial charge in [0, 0.05) is 26.9 Å². The summed E-state index contributed by atoms with van der Waals surface area (Å²) in [6, 6.07) is 17.6. The standard InChI is InChI=1S/C22H13Cl2N3S/c1-13-2-3-15-9-16(21(24)26-19(15)8-13)10-17(11-25)22-27-20(12-28-22)14-4-6-18(23)7-5-14/h2-10,12H,1H3. The Bertz CT molecular complexity index is 1250. The third-order valence-corrected chi connectivity index (χ3v) is 5.68. The van der Waals surface area contributed by atoms with Crippen LogP contribution in [0.1, 0.15) is 16.1 Å². The fourth-order valence-corrected chi connectivity index (χ4v) is 3.94. The molecule has 0 aliphatic rings. The number of thiazole rings is 1. The molecule has 0 fully saturated rings. The monoisotopic (exact) mass is 421 g/mol. The molecule has 0 radical (unpaired) electrons. The summed E-state index contributed by atoms with van der Waals surface area (Å²) in [5, 5.41) is 14.2. The average molecular weight is 422 g/mol. The van der Waals surface area contributed by atoms with Crippen molar-refractivity contribution in [2.45, 2.75) is 6.92 Å². The minimum absolute atomic E-state index is 0.361. The molecule has 0 aliphatic heterocycles. The minimum atomic E-state index is 0.361. The van der Waals surface area contributed by atoms with E-state index in [1.165, 1.54) is 11.3 Å². The van der Waals surface area contributed by atoms with Gasteiger partial charge in [0.25, 0.3) is 0 Å². The number of benzene rings is 2. The average Bonchev–Trinajstić information content (AvgIpc) is 3.17. The van der Waals surface area contributed by atoms with Gasteiger partial charge in [-0.3, -0.25) is 0 Å². The summed E-state index contributed by atoms with van der Waals surface area (Å²) in [6.45, 7) is 2.01. The zero-order chi connectivity index (χ0) is 19.7. The predicted octanol–water partition coefficient (Wildman–Crippen LogP) is 7.04. The van der Waals surface area contributed by atoms with E-state index in [2.05, 4.69) is 16.0 Å². The Hall–Kier alpha value is -2.71. The molecule has 4 aromatic rings. The molecule has 2 aromatic heterocycles. The smallest absolute Gasteiger partial charge is 0.137 e. The number of aryl methyl sites for hydroxylation is 1. The molecule has 0 bridgehead atoms. The molecule has 0 saturated heterocycles. The van der Waals surface area contributed by atoms with Crippen LogP contribution in [0.4, 0.5) is 0 Å². The molecule has 0 atom stereocenters. The third-order valence-electron chi connectivity index (χ3n) is 4.25. The molecule has 6 heteroatoms. The minimum Gasteiger partial charge on any atom is -0.235 e. The summed E-state index contributed by atoms with van der Waals surface area (Å²) in [6.07, 6.45) is 1.74. The SMILES string of the molecule is Cc1ccc2cc(C=C(C#N)c3nc(-c4ccc(Cl)cc4)cs3)c(Cl)nc2c1. The number of halogens is 2. The van der Waals surface area contributed by atoms with Crippen LogP contribution in [0.5, 0.6) is 0 Å². The molecule has 28 heavy (non-hydrogen) atoms. The molecule has 4 rings (SSSR count). The van der Waals surface area contributed by atoms with E-state index in [9.17, 15) is 5.26 Å². The van der Waals surface area contributed by atoms with Gasteiger partial charge in [-0.2, -0.15) is 5.26 Å². The summed E-state index contributed by atoms with van der Waals surface area (Å²) in [7, 11) is 0. The van der Waals surface area contributed by atoms with Gasteiger partial charge in [0.1, 0.15) is 16.2 Å². The highest BCUT2D eigenvalue weighted by Gasteiger charge is 2.11. The molecule has 0 amide bonds. The van der Waals surface area contributed by atoms with Gasteiger partial charge in [0.05, 0.1) is 16.8 Å². The zero-order valence-corrected chi connectivity index (χ0v) is 17.1. The normalized spacial score (nSPS) is 11.6. The van der Waals surface area contributed by atoms with E-state index < -0.39 is 0 Å². The second kappa shape index (κ2) is 7.73. The highest BCUT2D eigenvalue weighted by molar-refractivity contribution is 7.11. The quantitative estimate of drug-likeness (QED) is 0.263. The molecule has 0 N–H and O–H groups in total. The number of nitriles is 1. The van der Waals surface area contributed by atoms with E-state index in [0.717, 1.165) is 27.7 Å². The summed E-state index contributed by atoms with van der Waals surface area (Å²) in [5.74, 6) is 0. The Labute approximate surface area is 176 Å². The Morgan fingerprint density at radius 3 is 2.61 bits per heavy atom. The molecule has 3 nitrogen and oxygen atoms in total. The van der Waals surface area contributed by atoms with Gasteiger partial charge < -0.3 is 0 Å². The van der Waals surface area contributed by atoms with Crippen LogP contribution in [0, 0.1) is 18.3 Å². The van der Waals surface area contributed by atoms with Crippen LogP contribution in [0.25, 0.3) is 33.8 Å². The van der Waals surface area contributed by atoms with E-state index in [0.29, 0.717) is 26.3 Å². The lowest BCUT2D eigenvalue weighted by molar-refractivity contribution is 1.36. The van der Waals surface area contributed by atoms with Crippen LogP contribution in [0.3, 0.4) is 0 Å². The molecule has 0 saturated carbocycles. The number of allylic oxidation sites excluding steroid dienone is 1. The number of rotatable bonds is 3. The van der Waals surface area contributed by atoms with Crippen molar-refractivity contribution in [3.05, 3.63) is 80.2 Å². The van der Waals surface area contributed by atoms with E-state index in [1.54, 1.807) is 6.08 Å². The van der Waals surface area contributed by atoms with Gasteiger partial charge in [-0.25, -0.2) is 9.97 Å². The first-order chi connectivity index (χ1) is 13.5. The van der Waals surface area contributed by atoms with Crippen molar-refractivity contribution in [1.82, 2.24) is 9.97 Å². The Kier molecular flexibility index (Phi) is 5.15. The van der Waals surface area contributed by atoms with Gasteiger partial charge in [-0.1, -0.05) is 47.5 Å². The Morgan fingerprint density at radius 1 is 1.07 bits per heavy atom. The second-order valence-corrected chi connectivity index (χ2v) is 7.93. The van der Waals surface area contributed by atoms with Crippen molar-refractivity contribution >= 4 is 57.1 Å². The molecule has 0 unspecified atom stereocenters. The number of hydrogen-bond donors (Lipinski definition) is 0. The van der Waals surface area contributed by atoms with Gasteiger partial charge in [-0.15, -0.1) is 11.3 Å². The Morgan fingerprint density at radius 2 is 1.86 bits per heavy atom. The predicted molar refractivity (Wildman–Crippen MR) is 118 cm³/mol. The van der Waals surface area contributed by atoms with Crippen molar-refractivity contribution < 1.29 is 0 Å².